The molecule has 1 amide bonds. The van der Waals surface area contributed by atoms with E-state index in [1.807, 2.05) is 39.0 Å². The molecule has 1 heterocycles. The van der Waals surface area contributed by atoms with Gasteiger partial charge in [-0.3, -0.25) is 4.79 Å². The standard InChI is InChI=1S/C14H18ClNO2/c1-10-16(14(2,3)9-18-10)13(17)8-11-6-4-5-7-12(11)15/h4-7,10H,8-9H2,1-3H3. The van der Waals surface area contributed by atoms with Crippen LogP contribution in [0.3, 0.4) is 0 Å². The fraction of sp³-hybridized carbons (Fsp3) is 0.500. The number of ether oxygens (including phenoxy) is 1. The number of hydrogen-bond donors (Lipinski definition) is 0. The van der Waals surface area contributed by atoms with Crippen LogP contribution < -0.4 is 0 Å². The van der Waals surface area contributed by atoms with Crippen molar-refractivity contribution in [3.05, 3.63) is 34.9 Å². The Balaban J connectivity index is 2.15. The lowest BCUT2D eigenvalue weighted by atomic mass is 10.0. The van der Waals surface area contributed by atoms with Crippen molar-refractivity contribution in [2.24, 2.45) is 0 Å². The second-order valence-corrected chi connectivity index (χ2v) is 5.66. The monoisotopic (exact) mass is 267 g/mol. The van der Waals surface area contributed by atoms with Crippen LogP contribution in [0.4, 0.5) is 0 Å². The zero-order chi connectivity index (χ0) is 13.3. The fourth-order valence-corrected chi connectivity index (χ4v) is 2.59. The van der Waals surface area contributed by atoms with Gasteiger partial charge in [-0.25, -0.2) is 0 Å². The molecule has 4 heteroatoms. The maximum atomic E-state index is 12.4. The van der Waals surface area contributed by atoms with Gasteiger partial charge in [0, 0.05) is 5.02 Å². The second kappa shape index (κ2) is 4.90. The van der Waals surface area contributed by atoms with E-state index < -0.39 is 0 Å². The highest BCUT2D eigenvalue weighted by Gasteiger charge is 2.41. The van der Waals surface area contributed by atoms with E-state index in [9.17, 15) is 4.79 Å². The molecule has 0 spiro atoms. The Morgan fingerprint density at radius 1 is 1.50 bits per heavy atom. The zero-order valence-corrected chi connectivity index (χ0v) is 11.7. The number of amides is 1. The predicted molar refractivity (Wildman–Crippen MR) is 71.5 cm³/mol. The Morgan fingerprint density at radius 3 is 2.72 bits per heavy atom. The first-order valence-electron chi connectivity index (χ1n) is 6.09. The number of benzene rings is 1. The average Bonchev–Trinajstić information content (AvgIpc) is 2.56. The van der Waals surface area contributed by atoms with Crippen molar-refractivity contribution in [3.63, 3.8) is 0 Å². The van der Waals surface area contributed by atoms with E-state index in [0.29, 0.717) is 18.1 Å². The zero-order valence-electron chi connectivity index (χ0n) is 10.9. The molecular formula is C14H18ClNO2. The Hall–Kier alpha value is -1.06. The van der Waals surface area contributed by atoms with Gasteiger partial charge in [0.05, 0.1) is 18.6 Å². The van der Waals surface area contributed by atoms with E-state index in [1.165, 1.54) is 0 Å². The molecule has 1 fully saturated rings. The highest BCUT2D eigenvalue weighted by atomic mass is 35.5. The minimum Gasteiger partial charge on any atom is -0.356 e. The van der Waals surface area contributed by atoms with E-state index >= 15 is 0 Å². The predicted octanol–water partition coefficient (Wildman–Crippen LogP) is 2.87. The molecule has 3 nitrogen and oxygen atoms in total. The molecule has 0 N–H and O–H groups in total. The van der Waals surface area contributed by atoms with Crippen LogP contribution in [0.15, 0.2) is 24.3 Å². The van der Waals surface area contributed by atoms with Crippen molar-refractivity contribution >= 4 is 17.5 Å². The minimum atomic E-state index is -0.252. The molecule has 1 aliphatic heterocycles. The number of nitrogens with zero attached hydrogens (tertiary/aromatic N) is 1. The third-order valence-electron chi connectivity index (χ3n) is 3.26. The van der Waals surface area contributed by atoms with Crippen LogP contribution in [0.25, 0.3) is 0 Å². The largest absolute Gasteiger partial charge is 0.356 e. The van der Waals surface area contributed by atoms with Crippen molar-refractivity contribution in [2.75, 3.05) is 6.61 Å². The first-order valence-corrected chi connectivity index (χ1v) is 6.47. The van der Waals surface area contributed by atoms with Gasteiger partial charge in [0.1, 0.15) is 6.23 Å². The molecule has 1 atom stereocenters. The van der Waals surface area contributed by atoms with Gasteiger partial charge in [-0.1, -0.05) is 29.8 Å². The summed E-state index contributed by atoms with van der Waals surface area (Å²) >= 11 is 6.08. The lowest BCUT2D eigenvalue weighted by Gasteiger charge is -2.32. The molecule has 0 radical (unpaired) electrons. The first kappa shape index (κ1) is 13.4. The smallest absolute Gasteiger partial charge is 0.229 e. The molecule has 0 saturated carbocycles. The van der Waals surface area contributed by atoms with E-state index in [1.54, 1.807) is 11.0 Å². The van der Waals surface area contributed by atoms with E-state index in [-0.39, 0.29) is 17.7 Å². The minimum absolute atomic E-state index is 0.0538. The van der Waals surface area contributed by atoms with E-state index in [4.69, 9.17) is 16.3 Å². The van der Waals surface area contributed by atoms with Crippen molar-refractivity contribution < 1.29 is 9.53 Å². The first-order chi connectivity index (χ1) is 8.42. The van der Waals surface area contributed by atoms with Crippen LogP contribution in [-0.4, -0.2) is 29.2 Å². The summed E-state index contributed by atoms with van der Waals surface area (Å²) in [5.74, 6) is 0.0538. The Morgan fingerprint density at radius 2 is 2.17 bits per heavy atom. The number of carbonyl (C=O) groups is 1. The van der Waals surface area contributed by atoms with Crippen LogP contribution >= 0.6 is 11.6 Å². The number of hydrogen-bond acceptors (Lipinski definition) is 2. The summed E-state index contributed by atoms with van der Waals surface area (Å²) in [6.07, 6.45) is 0.145. The highest BCUT2D eigenvalue weighted by molar-refractivity contribution is 6.31. The maximum Gasteiger partial charge on any atom is 0.229 e. The lowest BCUT2D eigenvalue weighted by Crippen LogP contribution is -2.48. The molecule has 1 saturated heterocycles. The van der Waals surface area contributed by atoms with Gasteiger partial charge in [0.25, 0.3) is 0 Å². The summed E-state index contributed by atoms with van der Waals surface area (Å²) < 4.78 is 5.54. The number of halogens is 1. The molecule has 0 aliphatic carbocycles. The van der Waals surface area contributed by atoms with Gasteiger partial charge in [-0.05, 0) is 32.4 Å². The molecule has 1 aromatic rings. The maximum absolute atomic E-state index is 12.4. The summed E-state index contributed by atoms with van der Waals surface area (Å²) in [6, 6.07) is 7.44. The molecule has 0 bridgehead atoms. The second-order valence-electron chi connectivity index (χ2n) is 5.25. The van der Waals surface area contributed by atoms with Crippen LogP contribution in [0.2, 0.25) is 5.02 Å². The molecule has 2 rings (SSSR count). The Labute approximate surface area is 113 Å². The molecule has 98 valence electrons. The van der Waals surface area contributed by atoms with Gasteiger partial charge < -0.3 is 9.64 Å². The topological polar surface area (TPSA) is 29.5 Å². The summed E-state index contributed by atoms with van der Waals surface area (Å²) in [7, 11) is 0. The quantitative estimate of drug-likeness (QED) is 0.825. The van der Waals surface area contributed by atoms with E-state index in [2.05, 4.69) is 0 Å². The molecule has 1 aromatic carbocycles. The normalized spacial score (nSPS) is 22.2. The van der Waals surface area contributed by atoms with E-state index in [0.717, 1.165) is 5.56 Å². The van der Waals surface area contributed by atoms with Crippen molar-refractivity contribution in [3.8, 4) is 0 Å². The van der Waals surface area contributed by atoms with Crippen molar-refractivity contribution in [1.29, 1.82) is 0 Å². The lowest BCUT2D eigenvalue weighted by molar-refractivity contribution is -0.138. The molecule has 18 heavy (non-hydrogen) atoms. The summed E-state index contributed by atoms with van der Waals surface area (Å²) in [5, 5.41) is 0.636. The van der Waals surface area contributed by atoms with Gasteiger partial charge in [-0.15, -0.1) is 0 Å². The van der Waals surface area contributed by atoms with Gasteiger partial charge in [0.15, 0.2) is 0 Å². The van der Waals surface area contributed by atoms with Gasteiger partial charge >= 0.3 is 0 Å². The van der Waals surface area contributed by atoms with Crippen LogP contribution in [0.5, 0.6) is 0 Å². The molecule has 0 aromatic heterocycles. The van der Waals surface area contributed by atoms with Crippen LogP contribution in [0, 0.1) is 0 Å². The number of carbonyl (C=O) groups excluding carboxylic acids is 1. The van der Waals surface area contributed by atoms with Crippen LogP contribution in [0.1, 0.15) is 26.3 Å². The highest BCUT2D eigenvalue weighted by Crippen LogP contribution is 2.28. The average molecular weight is 268 g/mol. The van der Waals surface area contributed by atoms with Crippen molar-refractivity contribution in [2.45, 2.75) is 39.0 Å². The van der Waals surface area contributed by atoms with Gasteiger partial charge in [-0.2, -0.15) is 0 Å². The van der Waals surface area contributed by atoms with Crippen molar-refractivity contribution in [1.82, 2.24) is 4.90 Å². The summed E-state index contributed by atoms with van der Waals surface area (Å²) in [4.78, 5) is 14.2. The van der Waals surface area contributed by atoms with Gasteiger partial charge in [0.2, 0.25) is 5.91 Å². The Bertz CT molecular complexity index is 459. The fourth-order valence-electron chi connectivity index (χ4n) is 2.39. The molecule has 1 aliphatic rings. The molecule has 1 unspecified atom stereocenters. The SMILES string of the molecule is CC1OCC(C)(C)N1C(=O)Cc1ccccc1Cl. The Kier molecular flexibility index (Phi) is 3.64. The summed E-state index contributed by atoms with van der Waals surface area (Å²) in [5.41, 5.74) is 0.608. The molecular weight excluding hydrogens is 250 g/mol. The van der Waals surface area contributed by atoms with Crippen LogP contribution in [-0.2, 0) is 16.0 Å². The number of rotatable bonds is 2. The summed E-state index contributed by atoms with van der Waals surface area (Å²) in [6.45, 7) is 6.50. The third-order valence-corrected chi connectivity index (χ3v) is 3.63. The third kappa shape index (κ3) is 2.52.